The van der Waals surface area contributed by atoms with Crippen LogP contribution >= 0.6 is 11.6 Å². The normalized spacial score (nSPS) is 11.1. The van der Waals surface area contributed by atoms with Crippen LogP contribution in [0, 0.1) is 0 Å². The summed E-state index contributed by atoms with van der Waals surface area (Å²) in [5.41, 5.74) is 0.776. The van der Waals surface area contributed by atoms with Crippen LogP contribution in [0.1, 0.15) is 6.92 Å². The van der Waals surface area contributed by atoms with Crippen LogP contribution in [0.3, 0.4) is 0 Å². The molecule has 0 fully saturated rings. The number of hydrogen-bond acceptors (Lipinski definition) is 2. The Balaban J connectivity index is 3.31. The fourth-order valence-corrected chi connectivity index (χ4v) is 0.273. The van der Waals surface area contributed by atoms with Crippen LogP contribution in [-0.2, 0) is 4.84 Å². The van der Waals surface area contributed by atoms with Crippen molar-refractivity contribution in [2.24, 2.45) is 5.16 Å². The fraction of sp³-hybridized carbons (Fsp3) is 0.500. The van der Waals surface area contributed by atoms with Crippen molar-refractivity contribution in [2.75, 3.05) is 12.5 Å². The summed E-state index contributed by atoms with van der Waals surface area (Å²) in [4.78, 5) is 4.72. The number of rotatable bonds is 4. The number of alkyl halides is 1. The third kappa shape index (κ3) is 5.37. The number of nitrogens with zero attached hydrogens (tertiary/aromatic N) is 1. The molecule has 0 heterocycles. The van der Waals surface area contributed by atoms with E-state index in [2.05, 4.69) is 11.7 Å². The lowest BCUT2D eigenvalue weighted by Gasteiger charge is -1.93. The van der Waals surface area contributed by atoms with E-state index >= 15 is 0 Å². The minimum absolute atomic E-state index is 0.414. The summed E-state index contributed by atoms with van der Waals surface area (Å²) in [5, 5.41) is 3.65. The van der Waals surface area contributed by atoms with E-state index in [4.69, 9.17) is 16.4 Å². The van der Waals surface area contributed by atoms with Crippen molar-refractivity contribution in [1.82, 2.24) is 0 Å². The zero-order valence-electron chi connectivity index (χ0n) is 5.43. The largest absolute Gasteiger partial charge is 0.392 e. The molecular weight excluding hydrogens is 138 g/mol. The molecule has 0 spiro atoms. The SMILES string of the molecule is C=CCON=C(C)CCl. The van der Waals surface area contributed by atoms with E-state index < -0.39 is 0 Å². The van der Waals surface area contributed by atoms with Gasteiger partial charge >= 0.3 is 0 Å². The Bertz CT molecular complexity index is 112. The third-order valence-electron chi connectivity index (χ3n) is 0.606. The van der Waals surface area contributed by atoms with E-state index in [-0.39, 0.29) is 0 Å². The quantitative estimate of drug-likeness (QED) is 0.195. The van der Waals surface area contributed by atoms with Crippen molar-refractivity contribution in [1.29, 1.82) is 0 Å². The highest BCUT2D eigenvalue weighted by Gasteiger charge is 1.84. The molecular formula is C6H10ClNO. The van der Waals surface area contributed by atoms with Gasteiger partial charge in [0.25, 0.3) is 0 Å². The zero-order chi connectivity index (χ0) is 7.11. The first-order chi connectivity index (χ1) is 4.31. The van der Waals surface area contributed by atoms with E-state index in [1.165, 1.54) is 0 Å². The molecule has 3 heteroatoms. The molecule has 0 saturated carbocycles. The molecule has 0 atom stereocenters. The molecule has 0 aromatic carbocycles. The molecule has 0 unspecified atom stereocenters. The molecule has 0 rings (SSSR count). The van der Waals surface area contributed by atoms with Gasteiger partial charge in [-0.25, -0.2) is 0 Å². The summed E-state index contributed by atoms with van der Waals surface area (Å²) < 4.78 is 0. The van der Waals surface area contributed by atoms with Crippen LogP contribution in [0.5, 0.6) is 0 Å². The highest BCUT2D eigenvalue weighted by atomic mass is 35.5. The van der Waals surface area contributed by atoms with Gasteiger partial charge < -0.3 is 4.84 Å². The monoisotopic (exact) mass is 147 g/mol. The van der Waals surface area contributed by atoms with Crippen molar-refractivity contribution >= 4 is 17.3 Å². The summed E-state index contributed by atoms with van der Waals surface area (Å²) in [7, 11) is 0. The first kappa shape index (κ1) is 8.50. The van der Waals surface area contributed by atoms with Crippen LogP contribution < -0.4 is 0 Å². The molecule has 9 heavy (non-hydrogen) atoms. The van der Waals surface area contributed by atoms with Gasteiger partial charge in [0.2, 0.25) is 0 Å². The van der Waals surface area contributed by atoms with E-state index in [0.717, 1.165) is 5.71 Å². The Morgan fingerprint density at radius 2 is 2.56 bits per heavy atom. The smallest absolute Gasteiger partial charge is 0.135 e. The molecule has 0 aliphatic rings. The molecule has 0 aliphatic carbocycles. The summed E-state index contributed by atoms with van der Waals surface area (Å²) in [6.07, 6.45) is 1.63. The van der Waals surface area contributed by atoms with Crippen LogP contribution in [0.4, 0.5) is 0 Å². The Morgan fingerprint density at radius 1 is 1.89 bits per heavy atom. The number of hydrogen-bond donors (Lipinski definition) is 0. The van der Waals surface area contributed by atoms with Gasteiger partial charge in [0.05, 0.1) is 11.6 Å². The third-order valence-corrected chi connectivity index (χ3v) is 0.993. The minimum Gasteiger partial charge on any atom is -0.392 e. The molecule has 0 bridgehead atoms. The van der Waals surface area contributed by atoms with Crippen LogP contribution in [-0.4, -0.2) is 18.2 Å². The second-order valence-corrected chi connectivity index (χ2v) is 1.81. The maximum absolute atomic E-state index is 5.39. The lowest BCUT2D eigenvalue weighted by Crippen LogP contribution is -1.93. The van der Waals surface area contributed by atoms with Gasteiger partial charge in [-0.15, -0.1) is 11.6 Å². The Kier molecular flexibility index (Phi) is 5.32. The molecule has 0 aliphatic heterocycles. The average molecular weight is 148 g/mol. The predicted molar refractivity (Wildman–Crippen MR) is 40.0 cm³/mol. The van der Waals surface area contributed by atoms with Crippen molar-refractivity contribution in [3.05, 3.63) is 12.7 Å². The Morgan fingerprint density at radius 3 is 3.00 bits per heavy atom. The van der Waals surface area contributed by atoms with Gasteiger partial charge in [-0.2, -0.15) is 0 Å². The van der Waals surface area contributed by atoms with E-state index in [1.54, 1.807) is 13.0 Å². The molecule has 2 nitrogen and oxygen atoms in total. The molecule has 0 aromatic rings. The van der Waals surface area contributed by atoms with Gasteiger partial charge in [-0.05, 0) is 6.92 Å². The lowest BCUT2D eigenvalue weighted by molar-refractivity contribution is 0.174. The maximum Gasteiger partial charge on any atom is 0.135 e. The standard InChI is InChI=1S/C6H10ClNO/c1-3-4-9-8-6(2)5-7/h3H,1,4-5H2,2H3. The molecule has 0 aromatic heterocycles. The van der Waals surface area contributed by atoms with Gasteiger partial charge in [0.15, 0.2) is 0 Å². The highest BCUT2D eigenvalue weighted by Crippen LogP contribution is 1.84. The molecule has 52 valence electrons. The Labute approximate surface area is 60.1 Å². The molecule has 0 N–H and O–H groups in total. The predicted octanol–water partition coefficient (Wildman–Crippen LogP) is 1.80. The van der Waals surface area contributed by atoms with Crippen molar-refractivity contribution in [2.45, 2.75) is 6.92 Å². The lowest BCUT2D eigenvalue weighted by atomic mass is 10.5. The van der Waals surface area contributed by atoms with E-state index in [1.807, 2.05) is 0 Å². The second-order valence-electron chi connectivity index (χ2n) is 1.54. The van der Waals surface area contributed by atoms with E-state index in [0.29, 0.717) is 12.5 Å². The first-order valence-corrected chi connectivity index (χ1v) is 3.17. The van der Waals surface area contributed by atoms with Gasteiger partial charge in [0.1, 0.15) is 6.61 Å². The van der Waals surface area contributed by atoms with Crippen molar-refractivity contribution < 1.29 is 4.84 Å². The second kappa shape index (κ2) is 5.63. The van der Waals surface area contributed by atoms with Crippen molar-refractivity contribution in [3.8, 4) is 0 Å². The van der Waals surface area contributed by atoms with Crippen LogP contribution in [0.25, 0.3) is 0 Å². The average Bonchev–Trinajstić information content (AvgIpc) is 1.89. The highest BCUT2D eigenvalue weighted by molar-refractivity contribution is 6.28. The van der Waals surface area contributed by atoms with Crippen molar-refractivity contribution in [3.63, 3.8) is 0 Å². The first-order valence-electron chi connectivity index (χ1n) is 2.63. The molecule has 0 amide bonds. The van der Waals surface area contributed by atoms with Crippen LogP contribution in [0.15, 0.2) is 17.8 Å². The fourth-order valence-electron chi connectivity index (χ4n) is 0.225. The number of oxime groups is 1. The summed E-state index contributed by atoms with van der Waals surface area (Å²) in [6, 6.07) is 0. The molecule has 0 saturated heterocycles. The summed E-state index contributed by atoms with van der Waals surface area (Å²) in [5.74, 6) is 0.414. The van der Waals surface area contributed by atoms with Crippen LogP contribution in [0.2, 0.25) is 0 Å². The minimum atomic E-state index is 0.414. The number of halogens is 1. The molecule has 0 radical (unpaired) electrons. The maximum atomic E-state index is 5.39. The Hall–Kier alpha value is -0.500. The van der Waals surface area contributed by atoms with Gasteiger partial charge in [-0.3, -0.25) is 0 Å². The van der Waals surface area contributed by atoms with Gasteiger partial charge in [-0.1, -0.05) is 17.8 Å². The summed E-state index contributed by atoms with van der Waals surface area (Å²) in [6.45, 7) is 5.70. The van der Waals surface area contributed by atoms with Gasteiger partial charge in [0, 0.05) is 0 Å². The zero-order valence-corrected chi connectivity index (χ0v) is 6.19. The summed E-state index contributed by atoms with van der Waals surface area (Å²) >= 11 is 5.39. The van der Waals surface area contributed by atoms with E-state index in [9.17, 15) is 0 Å². The topological polar surface area (TPSA) is 21.6 Å².